The highest BCUT2D eigenvalue weighted by Crippen LogP contribution is 2.26. The monoisotopic (exact) mass is 344 g/mol. The van der Waals surface area contributed by atoms with E-state index in [0.717, 1.165) is 5.69 Å². The van der Waals surface area contributed by atoms with Gasteiger partial charge in [-0.25, -0.2) is 4.39 Å². The molecule has 0 saturated heterocycles. The second-order valence-corrected chi connectivity index (χ2v) is 6.77. The first kappa shape index (κ1) is 19.7. The first-order valence-electron chi connectivity index (χ1n) is 7.52. The van der Waals surface area contributed by atoms with Crippen molar-refractivity contribution < 1.29 is 13.9 Å². The van der Waals surface area contributed by atoms with Gasteiger partial charge in [0.1, 0.15) is 11.4 Å². The van der Waals surface area contributed by atoms with Crippen molar-refractivity contribution in [1.82, 2.24) is 0 Å². The summed E-state index contributed by atoms with van der Waals surface area (Å²) in [6, 6.07) is 3.36. The van der Waals surface area contributed by atoms with Gasteiger partial charge >= 0.3 is 0 Å². The van der Waals surface area contributed by atoms with Gasteiger partial charge in [-0.05, 0) is 32.9 Å². The molecule has 130 valence electrons. The Morgan fingerprint density at radius 2 is 2.00 bits per heavy atom. The van der Waals surface area contributed by atoms with Crippen LogP contribution >= 0.6 is 11.6 Å². The van der Waals surface area contributed by atoms with Crippen LogP contribution in [0.15, 0.2) is 17.1 Å². The fourth-order valence-corrected chi connectivity index (χ4v) is 2.23. The van der Waals surface area contributed by atoms with Crippen LogP contribution in [0.25, 0.3) is 0 Å². The lowest BCUT2D eigenvalue weighted by Gasteiger charge is -2.21. The molecule has 0 bridgehead atoms. The second kappa shape index (κ2) is 8.50. The summed E-state index contributed by atoms with van der Waals surface area (Å²) in [6.07, 6.45) is 0. The molecule has 0 saturated carbocycles. The van der Waals surface area contributed by atoms with E-state index in [9.17, 15) is 4.39 Å². The van der Waals surface area contributed by atoms with E-state index in [2.05, 4.69) is 4.99 Å². The highest BCUT2D eigenvalue weighted by molar-refractivity contribution is 6.31. The maximum Gasteiger partial charge on any atom is 0.180 e. The molecular weight excluding hydrogens is 319 g/mol. The third kappa shape index (κ3) is 6.75. The van der Waals surface area contributed by atoms with Crippen molar-refractivity contribution in [2.24, 2.45) is 4.99 Å². The summed E-state index contributed by atoms with van der Waals surface area (Å²) in [7, 11) is 3.55. The largest absolute Gasteiger partial charge is 0.476 e. The molecule has 6 heteroatoms. The minimum atomic E-state index is -0.442. The predicted octanol–water partition coefficient (Wildman–Crippen LogP) is 4.30. The third-order valence-corrected chi connectivity index (χ3v) is 3.36. The first-order valence-corrected chi connectivity index (χ1v) is 7.90. The zero-order chi connectivity index (χ0) is 17.6. The smallest absolute Gasteiger partial charge is 0.180 e. The Kier molecular flexibility index (Phi) is 7.29. The third-order valence-electron chi connectivity index (χ3n) is 3.09. The van der Waals surface area contributed by atoms with Gasteiger partial charge in [0, 0.05) is 38.9 Å². The number of ether oxygens (including phenoxy) is 2. The molecule has 1 aromatic rings. The fraction of sp³-hybridized carbons (Fsp3) is 0.588. The summed E-state index contributed by atoms with van der Waals surface area (Å²) in [6.45, 7) is 9.03. The molecule has 0 fully saturated rings. The molecule has 0 aromatic heterocycles. The molecule has 0 spiro atoms. The molecule has 0 aliphatic rings. The molecule has 4 nitrogen and oxygen atoms in total. The van der Waals surface area contributed by atoms with Gasteiger partial charge in [-0.3, -0.25) is 4.99 Å². The molecule has 0 atom stereocenters. The number of halogens is 2. The van der Waals surface area contributed by atoms with E-state index in [1.807, 2.05) is 32.7 Å². The molecule has 0 N–H and O–H groups in total. The predicted molar refractivity (Wildman–Crippen MR) is 94.2 cm³/mol. The summed E-state index contributed by atoms with van der Waals surface area (Å²) in [4.78, 5) is 6.26. The van der Waals surface area contributed by atoms with Crippen molar-refractivity contribution >= 4 is 23.2 Å². The van der Waals surface area contributed by atoms with E-state index in [-0.39, 0.29) is 17.2 Å². The standard InChI is InChI=1S/C17H26ClFN2O2/c1-12(23-17(2,3)4)20-11-13-9-14(10-15(18)16(13)19)21(5)7-8-22-6/h9-10H,7-8,11H2,1-6H3. The van der Waals surface area contributed by atoms with Crippen LogP contribution in [0.5, 0.6) is 0 Å². The van der Waals surface area contributed by atoms with Crippen molar-refractivity contribution in [1.29, 1.82) is 0 Å². The summed E-state index contributed by atoms with van der Waals surface area (Å²) in [5, 5.41) is 0.0892. The fourth-order valence-electron chi connectivity index (χ4n) is 1.99. The molecule has 0 radical (unpaired) electrons. The Labute approximate surface area is 143 Å². The van der Waals surface area contributed by atoms with Crippen molar-refractivity contribution in [2.75, 3.05) is 32.2 Å². The van der Waals surface area contributed by atoms with Gasteiger partial charge in [0.15, 0.2) is 5.90 Å². The van der Waals surface area contributed by atoms with Gasteiger partial charge in [0.25, 0.3) is 0 Å². The minimum absolute atomic E-state index is 0.0892. The number of nitrogens with zero attached hydrogens (tertiary/aromatic N) is 2. The first-order chi connectivity index (χ1) is 10.6. The summed E-state index contributed by atoms with van der Waals surface area (Å²) < 4.78 is 24.9. The lowest BCUT2D eigenvalue weighted by atomic mass is 10.1. The Morgan fingerprint density at radius 3 is 2.57 bits per heavy atom. The summed E-state index contributed by atoms with van der Waals surface area (Å²) >= 11 is 6.01. The quantitative estimate of drug-likeness (QED) is 0.570. The van der Waals surface area contributed by atoms with E-state index >= 15 is 0 Å². The number of hydrogen-bond acceptors (Lipinski definition) is 4. The summed E-state index contributed by atoms with van der Waals surface area (Å²) in [5.74, 6) is 0.0778. The van der Waals surface area contributed by atoms with E-state index in [1.165, 1.54) is 0 Å². The van der Waals surface area contributed by atoms with Crippen LogP contribution in [0.2, 0.25) is 5.02 Å². The zero-order valence-electron chi connectivity index (χ0n) is 14.7. The zero-order valence-corrected chi connectivity index (χ0v) is 15.5. The van der Waals surface area contributed by atoms with Crippen LogP contribution < -0.4 is 4.90 Å². The van der Waals surface area contributed by atoms with Gasteiger partial charge in [-0.15, -0.1) is 0 Å². The molecule has 23 heavy (non-hydrogen) atoms. The molecule has 0 aliphatic carbocycles. The van der Waals surface area contributed by atoms with Crippen LogP contribution in [0.3, 0.4) is 0 Å². The number of hydrogen-bond donors (Lipinski definition) is 0. The molecule has 0 amide bonds. The van der Waals surface area contributed by atoms with Gasteiger partial charge in [-0.2, -0.15) is 0 Å². The molecule has 0 unspecified atom stereocenters. The highest BCUT2D eigenvalue weighted by atomic mass is 35.5. The SMILES string of the molecule is COCCN(C)c1cc(Cl)c(F)c(CN=C(C)OC(C)(C)C)c1. The summed E-state index contributed by atoms with van der Waals surface area (Å²) in [5.41, 5.74) is 0.938. The van der Waals surface area contributed by atoms with Gasteiger partial charge in [0.2, 0.25) is 0 Å². The van der Waals surface area contributed by atoms with Crippen molar-refractivity contribution in [2.45, 2.75) is 39.8 Å². The van der Waals surface area contributed by atoms with Crippen LogP contribution in [0, 0.1) is 5.82 Å². The van der Waals surface area contributed by atoms with Crippen LogP contribution in [-0.4, -0.2) is 38.8 Å². The Hall–Kier alpha value is -1.33. The van der Waals surface area contributed by atoms with Gasteiger partial charge < -0.3 is 14.4 Å². The van der Waals surface area contributed by atoms with Crippen molar-refractivity contribution in [3.8, 4) is 0 Å². The minimum Gasteiger partial charge on any atom is -0.476 e. The number of likely N-dealkylation sites (N-methyl/N-ethyl adjacent to an activating group) is 1. The topological polar surface area (TPSA) is 34.1 Å². The highest BCUT2D eigenvalue weighted by Gasteiger charge is 2.14. The second-order valence-electron chi connectivity index (χ2n) is 6.36. The van der Waals surface area contributed by atoms with Crippen molar-refractivity contribution in [3.63, 3.8) is 0 Å². The van der Waals surface area contributed by atoms with Crippen LogP contribution in [0.4, 0.5) is 10.1 Å². The number of methoxy groups -OCH3 is 1. The molecule has 1 aromatic carbocycles. The van der Waals surface area contributed by atoms with E-state index in [1.54, 1.807) is 26.2 Å². The van der Waals surface area contributed by atoms with E-state index < -0.39 is 5.82 Å². The average Bonchev–Trinajstić information content (AvgIpc) is 2.44. The molecule has 1 rings (SSSR count). The molecular formula is C17H26ClFN2O2. The van der Waals surface area contributed by atoms with Crippen LogP contribution in [0.1, 0.15) is 33.3 Å². The van der Waals surface area contributed by atoms with Crippen molar-refractivity contribution in [3.05, 3.63) is 28.5 Å². The number of aliphatic imine (C=N–C) groups is 1. The Morgan fingerprint density at radius 1 is 1.35 bits per heavy atom. The lowest BCUT2D eigenvalue weighted by Crippen LogP contribution is -2.22. The normalized spacial score (nSPS) is 12.4. The maximum absolute atomic E-state index is 14.2. The van der Waals surface area contributed by atoms with E-state index in [4.69, 9.17) is 21.1 Å². The van der Waals surface area contributed by atoms with Crippen LogP contribution in [-0.2, 0) is 16.0 Å². The van der Waals surface area contributed by atoms with Gasteiger partial charge in [-0.1, -0.05) is 11.6 Å². The lowest BCUT2D eigenvalue weighted by molar-refractivity contribution is 0.115. The number of anilines is 1. The Bertz CT molecular complexity index is 556. The number of rotatable bonds is 6. The van der Waals surface area contributed by atoms with E-state index in [0.29, 0.717) is 24.6 Å². The average molecular weight is 345 g/mol. The molecule has 0 aliphatic heterocycles. The Balaban J connectivity index is 2.93. The molecule has 0 heterocycles. The number of benzene rings is 1. The van der Waals surface area contributed by atoms with Gasteiger partial charge in [0.05, 0.1) is 18.2 Å². The maximum atomic E-state index is 14.2.